The second-order valence-electron chi connectivity index (χ2n) is 6.75. The minimum atomic E-state index is -0.240. The van der Waals surface area contributed by atoms with E-state index in [1.54, 1.807) is 13.2 Å². The van der Waals surface area contributed by atoms with E-state index in [9.17, 15) is 4.79 Å². The summed E-state index contributed by atoms with van der Waals surface area (Å²) in [4.78, 5) is 12.2. The van der Waals surface area contributed by atoms with Crippen molar-refractivity contribution in [2.24, 2.45) is 0 Å². The fourth-order valence-electron chi connectivity index (χ4n) is 2.85. The molecule has 1 N–H and O–H groups in total. The molecular formula is C22H31N3O3S. The summed E-state index contributed by atoms with van der Waals surface area (Å²) in [5.41, 5.74) is 0.855. The molecule has 0 atom stereocenters. The van der Waals surface area contributed by atoms with Crippen molar-refractivity contribution in [3.63, 3.8) is 0 Å². The lowest BCUT2D eigenvalue weighted by molar-refractivity contribution is -0.111. The second-order valence-corrected chi connectivity index (χ2v) is 7.76. The topological polar surface area (TPSA) is 73.3 Å². The van der Waals surface area contributed by atoms with Crippen LogP contribution in [-0.4, -0.2) is 29.8 Å². The molecule has 2 rings (SSSR count). The average molecular weight is 418 g/mol. The zero-order valence-corrected chi connectivity index (χ0v) is 18.6. The van der Waals surface area contributed by atoms with Crippen molar-refractivity contribution in [2.75, 3.05) is 19.0 Å². The molecule has 6 nitrogen and oxygen atoms in total. The first kappa shape index (κ1) is 22.9. The summed E-state index contributed by atoms with van der Waals surface area (Å²) in [6.45, 7) is 7.09. The SMILES string of the molecule is CCCCCOc1ccc(/C=C/C(=O)Nc2nnc(C(CC)CC)s2)cc1OC. The summed E-state index contributed by atoms with van der Waals surface area (Å²) in [6, 6.07) is 5.63. The van der Waals surface area contributed by atoms with Crippen LogP contribution in [0.2, 0.25) is 0 Å². The third-order valence-electron chi connectivity index (χ3n) is 4.63. The minimum absolute atomic E-state index is 0.240. The van der Waals surface area contributed by atoms with Gasteiger partial charge in [-0.15, -0.1) is 10.2 Å². The van der Waals surface area contributed by atoms with Gasteiger partial charge in [-0.3, -0.25) is 10.1 Å². The molecule has 0 unspecified atom stereocenters. The molecule has 0 aliphatic carbocycles. The van der Waals surface area contributed by atoms with Crippen LogP contribution in [0.3, 0.4) is 0 Å². The number of benzene rings is 1. The van der Waals surface area contributed by atoms with Crippen molar-refractivity contribution in [2.45, 2.75) is 58.8 Å². The molecule has 0 radical (unpaired) electrons. The van der Waals surface area contributed by atoms with Crippen molar-refractivity contribution in [3.8, 4) is 11.5 Å². The van der Waals surface area contributed by atoms with Crippen LogP contribution in [0.5, 0.6) is 11.5 Å². The van der Waals surface area contributed by atoms with Crippen molar-refractivity contribution in [1.82, 2.24) is 10.2 Å². The third kappa shape index (κ3) is 7.16. The molecule has 0 spiro atoms. The number of carbonyl (C=O) groups excluding carboxylic acids is 1. The quantitative estimate of drug-likeness (QED) is 0.356. The number of amides is 1. The highest BCUT2D eigenvalue weighted by Gasteiger charge is 2.14. The van der Waals surface area contributed by atoms with E-state index in [4.69, 9.17) is 9.47 Å². The number of rotatable bonds is 12. The molecule has 0 aliphatic rings. The number of unbranched alkanes of at least 4 members (excludes halogenated alkanes) is 2. The Morgan fingerprint density at radius 3 is 2.66 bits per heavy atom. The molecule has 0 bridgehead atoms. The number of ether oxygens (including phenoxy) is 2. The molecule has 0 saturated heterocycles. The van der Waals surface area contributed by atoms with Gasteiger partial charge < -0.3 is 9.47 Å². The highest BCUT2D eigenvalue weighted by Crippen LogP contribution is 2.29. The van der Waals surface area contributed by atoms with Gasteiger partial charge in [-0.05, 0) is 43.0 Å². The van der Waals surface area contributed by atoms with Crippen LogP contribution in [0, 0.1) is 0 Å². The Morgan fingerprint density at radius 1 is 1.17 bits per heavy atom. The van der Waals surface area contributed by atoms with Gasteiger partial charge >= 0.3 is 0 Å². The van der Waals surface area contributed by atoms with Gasteiger partial charge in [0.1, 0.15) is 5.01 Å². The van der Waals surface area contributed by atoms with Crippen LogP contribution < -0.4 is 14.8 Å². The van der Waals surface area contributed by atoms with Crippen LogP contribution in [0.15, 0.2) is 24.3 Å². The fraction of sp³-hybridized carbons (Fsp3) is 0.500. The molecule has 1 aromatic carbocycles. The molecule has 0 aliphatic heterocycles. The van der Waals surface area contributed by atoms with Gasteiger partial charge in [0.05, 0.1) is 13.7 Å². The first-order chi connectivity index (χ1) is 14.1. The fourth-order valence-corrected chi connectivity index (χ4v) is 3.86. The van der Waals surface area contributed by atoms with Gasteiger partial charge in [0, 0.05) is 12.0 Å². The largest absolute Gasteiger partial charge is 0.493 e. The van der Waals surface area contributed by atoms with Crippen molar-refractivity contribution in [3.05, 3.63) is 34.8 Å². The number of nitrogens with zero attached hydrogens (tertiary/aromatic N) is 2. The molecular weight excluding hydrogens is 386 g/mol. The van der Waals surface area contributed by atoms with Crippen LogP contribution in [0.4, 0.5) is 5.13 Å². The Morgan fingerprint density at radius 2 is 1.97 bits per heavy atom. The number of nitrogens with one attached hydrogen (secondary N) is 1. The lowest BCUT2D eigenvalue weighted by Gasteiger charge is -2.11. The molecule has 0 fully saturated rings. The van der Waals surface area contributed by atoms with E-state index in [2.05, 4.69) is 36.3 Å². The summed E-state index contributed by atoms with van der Waals surface area (Å²) in [5.74, 6) is 1.52. The first-order valence-corrected chi connectivity index (χ1v) is 11.1. The first-order valence-electron chi connectivity index (χ1n) is 10.2. The Balaban J connectivity index is 1.95. The monoisotopic (exact) mass is 417 g/mol. The zero-order chi connectivity index (χ0) is 21.1. The Kier molecular flexibility index (Phi) is 9.64. The van der Waals surface area contributed by atoms with Gasteiger partial charge in [0.15, 0.2) is 11.5 Å². The molecule has 7 heteroatoms. The number of methoxy groups -OCH3 is 1. The summed E-state index contributed by atoms with van der Waals surface area (Å²) < 4.78 is 11.2. The maximum Gasteiger partial charge on any atom is 0.250 e. The number of hydrogen-bond donors (Lipinski definition) is 1. The van der Waals surface area contributed by atoms with E-state index in [1.807, 2.05) is 18.2 Å². The molecule has 1 heterocycles. The smallest absolute Gasteiger partial charge is 0.250 e. The lowest BCUT2D eigenvalue weighted by atomic mass is 10.1. The van der Waals surface area contributed by atoms with Gasteiger partial charge in [0.25, 0.3) is 0 Å². The van der Waals surface area contributed by atoms with E-state index >= 15 is 0 Å². The second kappa shape index (κ2) is 12.2. The minimum Gasteiger partial charge on any atom is -0.493 e. The summed E-state index contributed by atoms with van der Waals surface area (Å²) in [6.07, 6.45) is 8.56. The number of carbonyl (C=O) groups is 1. The van der Waals surface area contributed by atoms with Crippen molar-refractivity contribution in [1.29, 1.82) is 0 Å². The molecule has 158 valence electrons. The van der Waals surface area contributed by atoms with Gasteiger partial charge in [0.2, 0.25) is 11.0 Å². The maximum atomic E-state index is 12.2. The summed E-state index contributed by atoms with van der Waals surface area (Å²) >= 11 is 1.43. The lowest BCUT2D eigenvalue weighted by Crippen LogP contribution is -2.07. The van der Waals surface area contributed by atoms with E-state index in [0.29, 0.717) is 29.2 Å². The Labute approximate surface area is 177 Å². The highest BCUT2D eigenvalue weighted by molar-refractivity contribution is 7.15. The standard InChI is InChI=1S/C22H31N3O3S/c1-5-8-9-14-28-18-12-10-16(15-19(18)27-4)11-13-20(26)23-22-25-24-21(29-22)17(6-2)7-3/h10-13,15,17H,5-9,14H2,1-4H3,(H,23,25,26)/b13-11+. The van der Waals surface area contributed by atoms with Crippen LogP contribution in [0.1, 0.15) is 69.4 Å². The van der Waals surface area contributed by atoms with Gasteiger partial charge in [-0.2, -0.15) is 0 Å². The van der Waals surface area contributed by atoms with Gasteiger partial charge in [-0.25, -0.2) is 0 Å². The highest BCUT2D eigenvalue weighted by atomic mass is 32.1. The number of aromatic nitrogens is 2. The number of hydrogen-bond acceptors (Lipinski definition) is 6. The number of anilines is 1. The van der Waals surface area contributed by atoms with Crippen LogP contribution in [-0.2, 0) is 4.79 Å². The molecule has 29 heavy (non-hydrogen) atoms. The molecule has 2 aromatic rings. The zero-order valence-electron chi connectivity index (χ0n) is 17.7. The predicted octanol–water partition coefficient (Wildman–Crippen LogP) is 5.67. The van der Waals surface area contributed by atoms with Crippen molar-refractivity contribution < 1.29 is 14.3 Å². The van der Waals surface area contributed by atoms with E-state index in [0.717, 1.165) is 42.7 Å². The van der Waals surface area contributed by atoms with E-state index < -0.39 is 0 Å². The maximum absolute atomic E-state index is 12.2. The van der Waals surface area contributed by atoms with Gasteiger partial charge in [-0.1, -0.05) is 51.0 Å². The van der Waals surface area contributed by atoms with Crippen molar-refractivity contribution >= 4 is 28.5 Å². The third-order valence-corrected chi connectivity index (χ3v) is 5.63. The Bertz CT molecular complexity index is 800. The summed E-state index contributed by atoms with van der Waals surface area (Å²) in [5, 5.41) is 12.5. The normalized spacial score (nSPS) is 11.2. The van der Waals surface area contributed by atoms with Crippen LogP contribution >= 0.6 is 11.3 Å². The van der Waals surface area contributed by atoms with E-state index in [1.165, 1.54) is 17.4 Å². The Hall–Kier alpha value is -2.41. The van der Waals surface area contributed by atoms with E-state index in [-0.39, 0.29) is 5.91 Å². The average Bonchev–Trinajstić information content (AvgIpc) is 3.19. The summed E-state index contributed by atoms with van der Waals surface area (Å²) in [7, 11) is 1.61. The molecule has 1 aromatic heterocycles. The molecule has 1 amide bonds. The molecule has 0 saturated carbocycles. The van der Waals surface area contributed by atoms with Crippen LogP contribution in [0.25, 0.3) is 6.08 Å². The predicted molar refractivity (Wildman–Crippen MR) is 119 cm³/mol.